The SMILES string of the molecule is CC(C)Oc1cc2n(n1)CCN2. The molecule has 4 nitrogen and oxygen atoms in total. The maximum absolute atomic E-state index is 5.44. The van der Waals surface area contributed by atoms with Crippen LogP contribution in [0.25, 0.3) is 0 Å². The van der Waals surface area contributed by atoms with Gasteiger partial charge >= 0.3 is 0 Å². The Kier molecular flexibility index (Phi) is 1.67. The fraction of sp³-hybridized carbons (Fsp3) is 0.625. The van der Waals surface area contributed by atoms with E-state index < -0.39 is 0 Å². The third-order valence-corrected chi connectivity index (χ3v) is 1.74. The van der Waals surface area contributed by atoms with Crippen LogP contribution in [0, 0.1) is 0 Å². The normalized spacial score (nSPS) is 14.6. The summed E-state index contributed by atoms with van der Waals surface area (Å²) in [6, 6.07) is 1.94. The number of nitrogens with one attached hydrogen (secondary N) is 1. The summed E-state index contributed by atoms with van der Waals surface area (Å²) < 4.78 is 7.37. The van der Waals surface area contributed by atoms with Crippen molar-refractivity contribution < 1.29 is 4.74 Å². The number of rotatable bonds is 2. The van der Waals surface area contributed by atoms with Crippen molar-refractivity contribution in [2.24, 2.45) is 0 Å². The van der Waals surface area contributed by atoms with Crippen molar-refractivity contribution in [3.8, 4) is 5.88 Å². The topological polar surface area (TPSA) is 39.1 Å². The molecule has 0 radical (unpaired) electrons. The fourth-order valence-corrected chi connectivity index (χ4v) is 1.29. The first kappa shape index (κ1) is 7.46. The quantitative estimate of drug-likeness (QED) is 0.716. The van der Waals surface area contributed by atoms with E-state index in [4.69, 9.17) is 4.74 Å². The Morgan fingerprint density at radius 1 is 1.67 bits per heavy atom. The van der Waals surface area contributed by atoms with Gasteiger partial charge in [-0.1, -0.05) is 0 Å². The number of aromatic nitrogens is 2. The number of hydrogen-bond donors (Lipinski definition) is 1. The van der Waals surface area contributed by atoms with Crippen molar-refractivity contribution in [1.29, 1.82) is 0 Å². The van der Waals surface area contributed by atoms with E-state index in [1.165, 1.54) is 0 Å². The van der Waals surface area contributed by atoms with Gasteiger partial charge in [-0.2, -0.15) is 0 Å². The predicted molar refractivity (Wildman–Crippen MR) is 46.5 cm³/mol. The lowest BCUT2D eigenvalue weighted by Gasteiger charge is -2.04. The summed E-state index contributed by atoms with van der Waals surface area (Å²) in [5.41, 5.74) is 0. The molecule has 1 aromatic heterocycles. The molecule has 1 aliphatic heterocycles. The summed E-state index contributed by atoms with van der Waals surface area (Å²) in [6.07, 6.45) is 0.195. The van der Waals surface area contributed by atoms with Crippen molar-refractivity contribution in [1.82, 2.24) is 9.78 Å². The summed E-state index contributed by atoms with van der Waals surface area (Å²) in [5.74, 6) is 1.78. The second kappa shape index (κ2) is 2.69. The highest BCUT2D eigenvalue weighted by molar-refractivity contribution is 5.42. The molecular weight excluding hydrogens is 154 g/mol. The van der Waals surface area contributed by atoms with Crippen LogP contribution in [0.4, 0.5) is 5.82 Å². The van der Waals surface area contributed by atoms with Crippen LogP contribution in [0.5, 0.6) is 5.88 Å². The fourth-order valence-electron chi connectivity index (χ4n) is 1.29. The number of fused-ring (bicyclic) bond motifs is 1. The molecule has 0 saturated carbocycles. The smallest absolute Gasteiger partial charge is 0.235 e. The third kappa shape index (κ3) is 1.24. The molecule has 0 bridgehead atoms. The summed E-state index contributed by atoms with van der Waals surface area (Å²) in [7, 11) is 0. The van der Waals surface area contributed by atoms with E-state index in [0.717, 1.165) is 18.9 Å². The number of ether oxygens (including phenoxy) is 1. The Labute approximate surface area is 71.5 Å². The molecule has 0 aromatic carbocycles. The van der Waals surface area contributed by atoms with E-state index in [1.807, 2.05) is 24.6 Å². The van der Waals surface area contributed by atoms with Crippen molar-refractivity contribution in [3.63, 3.8) is 0 Å². The highest BCUT2D eigenvalue weighted by Crippen LogP contribution is 2.20. The van der Waals surface area contributed by atoms with E-state index in [2.05, 4.69) is 10.4 Å². The molecular formula is C8H13N3O. The van der Waals surface area contributed by atoms with Gasteiger partial charge in [-0.15, -0.1) is 5.10 Å². The first-order chi connectivity index (χ1) is 5.75. The van der Waals surface area contributed by atoms with Crippen LogP contribution < -0.4 is 10.1 Å². The zero-order valence-electron chi connectivity index (χ0n) is 7.37. The molecule has 0 aliphatic carbocycles. The largest absolute Gasteiger partial charge is 0.474 e. The van der Waals surface area contributed by atoms with Crippen LogP contribution in [-0.2, 0) is 6.54 Å². The lowest BCUT2D eigenvalue weighted by molar-refractivity contribution is 0.230. The Morgan fingerprint density at radius 3 is 3.17 bits per heavy atom. The van der Waals surface area contributed by atoms with Crippen LogP contribution in [0.1, 0.15) is 13.8 Å². The lowest BCUT2D eigenvalue weighted by Crippen LogP contribution is -2.07. The minimum atomic E-state index is 0.195. The second-order valence-corrected chi connectivity index (χ2v) is 3.18. The summed E-state index contributed by atoms with van der Waals surface area (Å²) in [6.45, 7) is 5.91. The summed E-state index contributed by atoms with van der Waals surface area (Å²) >= 11 is 0. The van der Waals surface area contributed by atoms with E-state index in [1.54, 1.807) is 0 Å². The Hall–Kier alpha value is -1.19. The van der Waals surface area contributed by atoms with Gasteiger partial charge < -0.3 is 10.1 Å². The Morgan fingerprint density at radius 2 is 2.50 bits per heavy atom. The lowest BCUT2D eigenvalue weighted by atomic mass is 10.5. The van der Waals surface area contributed by atoms with Gasteiger partial charge in [0.1, 0.15) is 5.82 Å². The highest BCUT2D eigenvalue weighted by Gasteiger charge is 2.13. The molecule has 0 unspecified atom stereocenters. The van der Waals surface area contributed by atoms with E-state index in [0.29, 0.717) is 5.88 Å². The van der Waals surface area contributed by atoms with Crippen molar-refractivity contribution in [2.75, 3.05) is 11.9 Å². The standard InChI is InChI=1S/C8H13N3O/c1-6(2)12-8-5-7-9-3-4-11(7)10-8/h5-6,9H,3-4H2,1-2H3. The molecule has 12 heavy (non-hydrogen) atoms. The average Bonchev–Trinajstić information content (AvgIpc) is 2.43. The molecule has 0 atom stereocenters. The molecule has 0 spiro atoms. The number of anilines is 1. The van der Waals surface area contributed by atoms with Crippen molar-refractivity contribution >= 4 is 5.82 Å². The van der Waals surface area contributed by atoms with E-state index in [-0.39, 0.29) is 6.10 Å². The van der Waals surface area contributed by atoms with Gasteiger partial charge in [0, 0.05) is 12.6 Å². The first-order valence-electron chi connectivity index (χ1n) is 4.24. The average molecular weight is 167 g/mol. The molecule has 0 amide bonds. The van der Waals surface area contributed by atoms with Gasteiger partial charge in [0.2, 0.25) is 5.88 Å². The minimum Gasteiger partial charge on any atom is -0.474 e. The number of nitrogens with zero attached hydrogens (tertiary/aromatic N) is 2. The Balaban J connectivity index is 2.15. The molecule has 1 aromatic rings. The highest BCUT2D eigenvalue weighted by atomic mass is 16.5. The first-order valence-corrected chi connectivity index (χ1v) is 4.24. The van der Waals surface area contributed by atoms with E-state index in [9.17, 15) is 0 Å². The third-order valence-electron chi connectivity index (χ3n) is 1.74. The molecule has 1 N–H and O–H groups in total. The van der Waals surface area contributed by atoms with Gasteiger partial charge in [0.15, 0.2) is 0 Å². The maximum atomic E-state index is 5.44. The second-order valence-electron chi connectivity index (χ2n) is 3.18. The van der Waals surface area contributed by atoms with Crippen LogP contribution in [0.15, 0.2) is 6.07 Å². The minimum absolute atomic E-state index is 0.195. The summed E-state index contributed by atoms with van der Waals surface area (Å²) in [4.78, 5) is 0. The summed E-state index contributed by atoms with van der Waals surface area (Å²) in [5, 5.41) is 7.48. The monoisotopic (exact) mass is 167 g/mol. The van der Waals surface area contributed by atoms with Gasteiger partial charge in [-0.05, 0) is 13.8 Å². The molecule has 2 heterocycles. The predicted octanol–water partition coefficient (Wildman–Crippen LogP) is 1.10. The van der Waals surface area contributed by atoms with Crippen LogP contribution >= 0.6 is 0 Å². The molecule has 0 saturated heterocycles. The molecule has 66 valence electrons. The molecule has 4 heteroatoms. The van der Waals surface area contributed by atoms with Crippen LogP contribution in [0.3, 0.4) is 0 Å². The number of hydrogen-bond acceptors (Lipinski definition) is 3. The molecule has 2 rings (SSSR count). The van der Waals surface area contributed by atoms with Gasteiger partial charge in [0.05, 0.1) is 12.6 Å². The Bertz CT molecular complexity index is 258. The maximum Gasteiger partial charge on any atom is 0.235 e. The van der Waals surface area contributed by atoms with E-state index >= 15 is 0 Å². The van der Waals surface area contributed by atoms with Crippen molar-refractivity contribution in [3.05, 3.63) is 6.07 Å². The van der Waals surface area contributed by atoms with Gasteiger partial charge in [-0.25, -0.2) is 4.68 Å². The van der Waals surface area contributed by atoms with Crippen molar-refractivity contribution in [2.45, 2.75) is 26.5 Å². The van der Waals surface area contributed by atoms with Gasteiger partial charge in [-0.3, -0.25) is 0 Å². The molecule has 0 fully saturated rings. The zero-order chi connectivity index (χ0) is 8.55. The molecule has 1 aliphatic rings. The van der Waals surface area contributed by atoms with Gasteiger partial charge in [0.25, 0.3) is 0 Å². The van der Waals surface area contributed by atoms with Crippen LogP contribution in [-0.4, -0.2) is 22.4 Å². The van der Waals surface area contributed by atoms with Crippen LogP contribution in [0.2, 0.25) is 0 Å². The zero-order valence-corrected chi connectivity index (χ0v) is 7.37.